The average Bonchev–Trinajstić information content (AvgIpc) is 3.31. The van der Waals surface area contributed by atoms with Crippen LogP contribution in [0.25, 0.3) is 45.7 Å². The van der Waals surface area contributed by atoms with Crippen LogP contribution in [-0.2, 0) is 0 Å². The number of benzene rings is 3. The van der Waals surface area contributed by atoms with E-state index in [9.17, 15) is 19.8 Å². The zero-order valence-corrected chi connectivity index (χ0v) is 20.3. The van der Waals surface area contributed by atoms with Gasteiger partial charge in [-0.15, -0.1) is 0 Å². The SMILES string of the molecule is CCN(CC)c1ccc2cc(-c3nc4ccc(C=Cc5ccc(O)c(C(=O)O)c5)cc4o3)c(=O)oc2c1. The van der Waals surface area contributed by atoms with E-state index in [1.54, 1.807) is 36.4 Å². The molecule has 0 atom stereocenters. The summed E-state index contributed by atoms with van der Waals surface area (Å²) < 4.78 is 11.5. The number of aromatic carboxylic acids is 1. The number of rotatable bonds is 7. The fourth-order valence-electron chi connectivity index (χ4n) is 4.22. The van der Waals surface area contributed by atoms with Crippen molar-refractivity contribution < 1.29 is 23.8 Å². The molecular weight excluding hydrogens is 472 g/mol. The summed E-state index contributed by atoms with van der Waals surface area (Å²) in [6, 6.07) is 17.2. The van der Waals surface area contributed by atoms with Crippen molar-refractivity contribution in [2.24, 2.45) is 0 Å². The number of oxazole rings is 1. The van der Waals surface area contributed by atoms with Gasteiger partial charge in [-0.1, -0.05) is 24.3 Å². The fraction of sp³-hybridized carbons (Fsp3) is 0.138. The Morgan fingerprint density at radius 1 is 0.919 bits per heavy atom. The van der Waals surface area contributed by atoms with Crippen LogP contribution in [0, 0.1) is 0 Å². The molecule has 5 rings (SSSR count). The van der Waals surface area contributed by atoms with E-state index in [2.05, 4.69) is 23.7 Å². The van der Waals surface area contributed by atoms with E-state index in [-0.39, 0.29) is 22.8 Å². The molecular formula is C29H24N2O6. The van der Waals surface area contributed by atoms with Crippen molar-refractivity contribution in [2.75, 3.05) is 18.0 Å². The van der Waals surface area contributed by atoms with Gasteiger partial charge < -0.3 is 23.9 Å². The van der Waals surface area contributed by atoms with Crippen LogP contribution in [0.4, 0.5) is 5.69 Å². The normalized spacial score (nSPS) is 11.5. The van der Waals surface area contributed by atoms with Crippen molar-refractivity contribution in [2.45, 2.75) is 13.8 Å². The first-order chi connectivity index (χ1) is 17.9. The van der Waals surface area contributed by atoms with Gasteiger partial charge in [-0.05, 0) is 67.4 Å². The van der Waals surface area contributed by atoms with E-state index in [0.29, 0.717) is 22.2 Å². The summed E-state index contributed by atoms with van der Waals surface area (Å²) in [7, 11) is 0. The molecule has 0 radical (unpaired) electrons. The molecule has 2 N–H and O–H groups in total. The molecule has 186 valence electrons. The van der Waals surface area contributed by atoms with Gasteiger partial charge in [0.05, 0.1) is 0 Å². The molecule has 0 aliphatic carbocycles. The fourth-order valence-corrected chi connectivity index (χ4v) is 4.22. The molecule has 0 bridgehead atoms. The lowest BCUT2D eigenvalue weighted by Crippen LogP contribution is -2.21. The second-order valence-electron chi connectivity index (χ2n) is 8.50. The van der Waals surface area contributed by atoms with Gasteiger partial charge in [0, 0.05) is 30.2 Å². The number of phenols is 1. The molecule has 37 heavy (non-hydrogen) atoms. The number of carbonyl (C=O) groups is 1. The molecule has 8 heteroatoms. The molecule has 0 saturated heterocycles. The summed E-state index contributed by atoms with van der Waals surface area (Å²) in [5.74, 6) is -1.32. The molecule has 2 aromatic heterocycles. The Bertz CT molecular complexity index is 1730. The van der Waals surface area contributed by atoms with Crippen LogP contribution < -0.4 is 10.5 Å². The smallest absolute Gasteiger partial charge is 0.349 e. The van der Waals surface area contributed by atoms with Crippen LogP contribution >= 0.6 is 0 Å². The second-order valence-corrected chi connectivity index (χ2v) is 8.50. The Labute approximate surface area is 211 Å². The number of fused-ring (bicyclic) bond motifs is 2. The minimum atomic E-state index is -1.20. The maximum Gasteiger partial charge on any atom is 0.349 e. The Balaban J connectivity index is 1.46. The first-order valence-electron chi connectivity index (χ1n) is 11.8. The lowest BCUT2D eigenvalue weighted by atomic mass is 10.1. The maximum absolute atomic E-state index is 12.8. The Kier molecular flexibility index (Phi) is 6.23. The van der Waals surface area contributed by atoms with Crippen molar-refractivity contribution in [3.8, 4) is 17.2 Å². The zero-order valence-electron chi connectivity index (χ0n) is 20.3. The molecule has 0 amide bonds. The molecule has 2 heterocycles. The first kappa shape index (κ1) is 23.9. The molecule has 0 spiro atoms. The van der Waals surface area contributed by atoms with E-state index in [1.165, 1.54) is 12.1 Å². The number of anilines is 1. The molecule has 0 aliphatic heterocycles. The molecule has 0 aliphatic rings. The number of aromatic hydroxyl groups is 1. The van der Waals surface area contributed by atoms with Crippen molar-refractivity contribution >= 4 is 45.9 Å². The summed E-state index contributed by atoms with van der Waals surface area (Å²) >= 11 is 0. The second kappa shape index (κ2) is 9.66. The number of hydrogen-bond donors (Lipinski definition) is 2. The minimum absolute atomic E-state index is 0.170. The molecule has 0 saturated carbocycles. The van der Waals surface area contributed by atoms with Crippen molar-refractivity contribution in [1.29, 1.82) is 0 Å². The highest BCUT2D eigenvalue weighted by atomic mass is 16.4. The lowest BCUT2D eigenvalue weighted by molar-refractivity contribution is 0.0693. The van der Waals surface area contributed by atoms with Gasteiger partial charge in [0.1, 0.15) is 28.0 Å². The van der Waals surface area contributed by atoms with Crippen molar-refractivity contribution in [1.82, 2.24) is 4.98 Å². The first-order valence-corrected chi connectivity index (χ1v) is 11.8. The highest BCUT2D eigenvalue weighted by Gasteiger charge is 2.16. The maximum atomic E-state index is 12.8. The van der Waals surface area contributed by atoms with E-state index in [4.69, 9.17) is 8.83 Å². The standard InChI is InChI=1S/C29H24N2O6/c1-3-31(4-2)20-10-9-19-15-22(29(35)37-25(19)16-20)27-30-23-11-7-18(14-26(23)36-27)6-5-17-8-12-24(32)21(13-17)28(33)34/h5-16,32H,3-4H2,1-2H3,(H,33,34). The zero-order chi connectivity index (χ0) is 26.1. The minimum Gasteiger partial charge on any atom is -0.507 e. The predicted octanol–water partition coefficient (Wildman–Crippen LogP) is 6.02. The van der Waals surface area contributed by atoms with Gasteiger partial charge in [0.15, 0.2) is 5.58 Å². The number of hydrogen-bond acceptors (Lipinski definition) is 7. The van der Waals surface area contributed by atoms with Gasteiger partial charge in [0.2, 0.25) is 5.89 Å². The summed E-state index contributed by atoms with van der Waals surface area (Å²) in [6.45, 7) is 5.85. The van der Waals surface area contributed by atoms with E-state index < -0.39 is 11.6 Å². The van der Waals surface area contributed by atoms with Crippen LogP contribution in [-0.4, -0.2) is 34.3 Å². The highest BCUT2D eigenvalue weighted by Crippen LogP contribution is 2.28. The largest absolute Gasteiger partial charge is 0.507 e. The lowest BCUT2D eigenvalue weighted by Gasteiger charge is -2.20. The number of carboxylic acid groups (broad SMARTS) is 1. The Morgan fingerprint density at radius 3 is 2.38 bits per heavy atom. The molecule has 0 fully saturated rings. The predicted molar refractivity (Wildman–Crippen MR) is 143 cm³/mol. The average molecular weight is 497 g/mol. The van der Waals surface area contributed by atoms with Crippen molar-refractivity contribution in [3.05, 3.63) is 87.8 Å². The Morgan fingerprint density at radius 2 is 1.65 bits per heavy atom. The summed E-state index contributed by atoms with van der Waals surface area (Å²) in [5, 5.41) is 19.6. The van der Waals surface area contributed by atoms with Gasteiger partial charge >= 0.3 is 11.6 Å². The molecule has 8 nitrogen and oxygen atoms in total. The van der Waals surface area contributed by atoms with E-state index >= 15 is 0 Å². The third-order valence-electron chi connectivity index (χ3n) is 6.21. The van der Waals surface area contributed by atoms with E-state index in [0.717, 1.165) is 29.7 Å². The molecule has 3 aromatic carbocycles. The van der Waals surface area contributed by atoms with E-state index in [1.807, 2.05) is 24.3 Å². The van der Waals surface area contributed by atoms with Gasteiger partial charge in [-0.2, -0.15) is 0 Å². The third kappa shape index (κ3) is 4.69. The molecule has 5 aromatic rings. The van der Waals surface area contributed by atoms with Crippen molar-refractivity contribution in [3.63, 3.8) is 0 Å². The van der Waals surface area contributed by atoms with Gasteiger partial charge in [-0.3, -0.25) is 0 Å². The summed E-state index contributed by atoms with van der Waals surface area (Å²) in [6.07, 6.45) is 3.52. The summed E-state index contributed by atoms with van der Waals surface area (Å²) in [4.78, 5) is 30.7. The van der Waals surface area contributed by atoms with Crippen LogP contribution in [0.5, 0.6) is 5.75 Å². The topological polar surface area (TPSA) is 117 Å². The molecule has 0 unspecified atom stereocenters. The monoisotopic (exact) mass is 496 g/mol. The van der Waals surface area contributed by atoms with Gasteiger partial charge in [0.25, 0.3) is 0 Å². The number of aromatic nitrogens is 1. The van der Waals surface area contributed by atoms with Crippen LogP contribution in [0.3, 0.4) is 0 Å². The summed E-state index contributed by atoms with van der Waals surface area (Å²) in [5.41, 5.74) is 3.51. The Hall–Kier alpha value is -4.85. The van der Waals surface area contributed by atoms with Gasteiger partial charge in [-0.25, -0.2) is 14.6 Å². The third-order valence-corrected chi connectivity index (χ3v) is 6.21. The quantitative estimate of drug-likeness (QED) is 0.207. The number of nitrogens with zero attached hydrogens (tertiary/aromatic N) is 2. The van der Waals surface area contributed by atoms with Crippen LogP contribution in [0.15, 0.2) is 74.3 Å². The number of carboxylic acids is 1. The van der Waals surface area contributed by atoms with Crippen LogP contribution in [0.2, 0.25) is 0 Å². The highest BCUT2D eigenvalue weighted by molar-refractivity contribution is 5.92. The van der Waals surface area contributed by atoms with Crippen LogP contribution in [0.1, 0.15) is 35.3 Å².